The van der Waals surface area contributed by atoms with Gasteiger partial charge < -0.3 is 4.98 Å². The van der Waals surface area contributed by atoms with E-state index in [1.54, 1.807) is 36.8 Å². The van der Waals surface area contributed by atoms with Gasteiger partial charge in [0.05, 0.1) is 22.3 Å². The number of benzene rings is 1. The molecule has 3 heterocycles. The molecule has 1 N–H and O–H groups in total. The maximum atomic E-state index is 13.3. The van der Waals surface area contributed by atoms with Gasteiger partial charge >= 0.3 is 0 Å². The topological polar surface area (TPSA) is 65.4 Å². The zero-order chi connectivity index (χ0) is 16.5. The highest BCUT2D eigenvalue weighted by Gasteiger charge is 2.16. The molecular weight excluding hydrogens is 303 g/mol. The fraction of sp³-hybridized carbons (Fsp3) is 0. The van der Waals surface area contributed by atoms with Crippen molar-refractivity contribution in [2.24, 2.45) is 0 Å². The number of hydrogen-bond donors (Lipinski definition) is 1. The van der Waals surface area contributed by atoms with Crippen molar-refractivity contribution < 1.29 is 4.39 Å². The van der Waals surface area contributed by atoms with Crippen LogP contribution in [0, 0.1) is 17.1 Å². The van der Waals surface area contributed by atoms with Crippen molar-refractivity contribution in [2.45, 2.75) is 0 Å². The Balaban J connectivity index is 2.05. The molecule has 0 spiro atoms. The van der Waals surface area contributed by atoms with Crippen molar-refractivity contribution in [3.8, 4) is 28.5 Å². The average Bonchev–Trinajstić information content (AvgIpc) is 3.01. The number of fused-ring (bicyclic) bond motifs is 1. The quantitative estimate of drug-likeness (QED) is 0.600. The SMILES string of the molecule is N#Cc1cnc2c(-c3ccc(F)cc3)c(-c3ccncc3)[nH]c2c1. The first-order valence-electron chi connectivity index (χ1n) is 7.34. The molecule has 5 heteroatoms. The Hall–Kier alpha value is -3.52. The minimum atomic E-state index is -0.288. The second-order valence-corrected chi connectivity index (χ2v) is 5.35. The Morgan fingerprint density at radius 1 is 1.00 bits per heavy atom. The molecule has 1 aromatic carbocycles. The van der Waals surface area contributed by atoms with Crippen LogP contribution in [0.15, 0.2) is 61.1 Å². The third-order valence-corrected chi connectivity index (χ3v) is 3.87. The lowest BCUT2D eigenvalue weighted by atomic mass is 10.0. The maximum Gasteiger partial charge on any atom is 0.123 e. The lowest BCUT2D eigenvalue weighted by Gasteiger charge is -2.05. The molecular formula is C19H11FN4. The molecule has 24 heavy (non-hydrogen) atoms. The van der Waals surface area contributed by atoms with Crippen LogP contribution >= 0.6 is 0 Å². The van der Waals surface area contributed by atoms with Crippen LogP contribution in [-0.2, 0) is 0 Å². The summed E-state index contributed by atoms with van der Waals surface area (Å²) in [7, 11) is 0. The standard InChI is InChI=1S/C19H11FN4/c20-15-3-1-13(2-4-15)17-18(14-5-7-22-8-6-14)24-16-9-12(10-21)11-23-19(16)17/h1-9,11,24H. The summed E-state index contributed by atoms with van der Waals surface area (Å²) in [4.78, 5) is 11.8. The van der Waals surface area contributed by atoms with Crippen LogP contribution in [-0.4, -0.2) is 15.0 Å². The number of hydrogen-bond acceptors (Lipinski definition) is 3. The number of pyridine rings is 2. The summed E-state index contributed by atoms with van der Waals surface area (Å²) in [5.74, 6) is -0.288. The summed E-state index contributed by atoms with van der Waals surface area (Å²) in [6, 6.07) is 13.9. The van der Waals surface area contributed by atoms with Crippen LogP contribution in [0.3, 0.4) is 0 Å². The first kappa shape index (κ1) is 14.1. The van der Waals surface area contributed by atoms with Gasteiger partial charge in [-0.2, -0.15) is 5.26 Å². The predicted molar refractivity (Wildman–Crippen MR) is 89.4 cm³/mol. The zero-order valence-electron chi connectivity index (χ0n) is 12.5. The molecule has 4 nitrogen and oxygen atoms in total. The van der Waals surface area contributed by atoms with Gasteiger partial charge in [-0.1, -0.05) is 12.1 Å². The number of nitriles is 1. The van der Waals surface area contributed by atoms with Gasteiger partial charge in [0.2, 0.25) is 0 Å². The molecule has 3 aromatic heterocycles. The number of rotatable bonds is 2. The Morgan fingerprint density at radius 3 is 2.46 bits per heavy atom. The smallest absolute Gasteiger partial charge is 0.123 e. The van der Waals surface area contributed by atoms with Crippen LogP contribution in [0.25, 0.3) is 33.4 Å². The van der Waals surface area contributed by atoms with Gasteiger partial charge in [-0.15, -0.1) is 0 Å². The zero-order valence-corrected chi connectivity index (χ0v) is 12.5. The number of nitrogens with one attached hydrogen (secondary N) is 1. The molecule has 0 fully saturated rings. The van der Waals surface area contributed by atoms with Crippen LogP contribution in [0.1, 0.15) is 5.56 Å². The van der Waals surface area contributed by atoms with E-state index in [1.165, 1.54) is 12.1 Å². The van der Waals surface area contributed by atoms with E-state index in [1.807, 2.05) is 12.1 Å². The highest BCUT2D eigenvalue weighted by atomic mass is 19.1. The van der Waals surface area contributed by atoms with E-state index in [4.69, 9.17) is 5.26 Å². The molecule has 4 rings (SSSR count). The van der Waals surface area contributed by atoms with E-state index in [0.29, 0.717) is 5.56 Å². The number of aromatic amines is 1. The largest absolute Gasteiger partial charge is 0.353 e. The monoisotopic (exact) mass is 314 g/mol. The number of halogens is 1. The van der Waals surface area contributed by atoms with Gasteiger partial charge in [0, 0.05) is 29.7 Å². The van der Waals surface area contributed by atoms with E-state index >= 15 is 0 Å². The summed E-state index contributed by atoms with van der Waals surface area (Å²) in [5, 5.41) is 9.08. The van der Waals surface area contributed by atoms with Crippen molar-refractivity contribution in [1.82, 2.24) is 15.0 Å². The normalized spacial score (nSPS) is 10.7. The van der Waals surface area contributed by atoms with Gasteiger partial charge in [-0.3, -0.25) is 9.97 Å². The van der Waals surface area contributed by atoms with Gasteiger partial charge in [0.1, 0.15) is 11.9 Å². The van der Waals surface area contributed by atoms with Crippen molar-refractivity contribution >= 4 is 11.0 Å². The molecule has 0 saturated carbocycles. The molecule has 0 aliphatic heterocycles. The van der Waals surface area contributed by atoms with Crippen molar-refractivity contribution in [3.05, 3.63) is 72.4 Å². The Morgan fingerprint density at radius 2 is 1.75 bits per heavy atom. The van der Waals surface area contributed by atoms with Crippen LogP contribution in [0.2, 0.25) is 0 Å². The first-order valence-corrected chi connectivity index (χ1v) is 7.34. The van der Waals surface area contributed by atoms with E-state index in [2.05, 4.69) is 21.0 Å². The average molecular weight is 314 g/mol. The molecule has 0 saturated heterocycles. The molecule has 0 unspecified atom stereocenters. The van der Waals surface area contributed by atoms with Gasteiger partial charge in [-0.05, 0) is 35.9 Å². The van der Waals surface area contributed by atoms with Crippen molar-refractivity contribution in [3.63, 3.8) is 0 Å². The summed E-state index contributed by atoms with van der Waals surface area (Å²) in [6.07, 6.45) is 4.96. The fourth-order valence-corrected chi connectivity index (χ4v) is 2.77. The highest BCUT2D eigenvalue weighted by molar-refractivity contribution is 6.01. The van der Waals surface area contributed by atoms with Crippen molar-refractivity contribution in [2.75, 3.05) is 0 Å². The van der Waals surface area contributed by atoms with Crippen LogP contribution in [0.4, 0.5) is 4.39 Å². The molecule has 0 radical (unpaired) electrons. The highest BCUT2D eigenvalue weighted by Crippen LogP contribution is 2.37. The summed E-state index contributed by atoms with van der Waals surface area (Å²) < 4.78 is 13.3. The molecule has 0 aliphatic rings. The summed E-state index contributed by atoms with van der Waals surface area (Å²) in [5.41, 5.74) is 5.53. The lowest BCUT2D eigenvalue weighted by molar-refractivity contribution is 0.628. The second kappa shape index (κ2) is 5.60. The lowest BCUT2D eigenvalue weighted by Crippen LogP contribution is -1.85. The van der Waals surface area contributed by atoms with Crippen molar-refractivity contribution in [1.29, 1.82) is 5.26 Å². The third-order valence-electron chi connectivity index (χ3n) is 3.87. The summed E-state index contributed by atoms with van der Waals surface area (Å²) in [6.45, 7) is 0. The van der Waals surface area contributed by atoms with Gasteiger partial charge in [0.25, 0.3) is 0 Å². The Kier molecular flexibility index (Phi) is 3.29. The number of nitrogens with zero attached hydrogens (tertiary/aromatic N) is 3. The second-order valence-electron chi connectivity index (χ2n) is 5.35. The van der Waals surface area contributed by atoms with E-state index in [0.717, 1.165) is 33.4 Å². The molecule has 0 amide bonds. The first-order chi connectivity index (χ1) is 11.8. The number of H-pyrrole nitrogens is 1. The Labute approximate surface area is 137 Å². The summed E-state index contributed by atoms with van der Waals surface area (Å²) >= 11 is 0. The molecule has 0 atom stereocenters. The number of aromatic nitrogens is 3. The van der Waals surface area contributed by atoms with E-state index in [9.17, 15) is 4.39 Å². The predicted octanol–water partition coefficient (Wildman–Crippen LogP) is 4.30. The van der Waals surface area contributed by atoms with Crippen LogP contribution in [0.5, 0.6) is 0 Å². The van der Waals surface area contributed by atoms with Gasteiger partial charge in [0.15, 0.2) is 0 Å². The van der Waals surface area contributed by atoms with Gasteiger partial charge in [-0.25, -0.2) is 4.39 Å². The third kappa shape index (κ3) is 2.31. The fourth-order valence-electron chi connectivity index (χ4n) is 2.77. The molecule has 0 bridgehead atoms. The minimum absolute atomic E-state index is 0.288. The molecule has 114 valence electrons. The maximum absolute atomic E-state index is 13.3. The van der Waals surface area contributed by atoms with Crippen LogP contribution < -0.4 is 0 Å². The Bertz CT molecular complexity index is 1060. The molecule has 4 aromatic rings. The minimum Gasteiger partial charge on any atom is -0.353 e. The van der Waals surface area contributed by atoms with E-state index in [-0.39, 0.29) is 5.82 Å². The molecule has 0 aliphatic carbocycles. The van der Waals surface area contributed by atoms with E-state index < -0.39 is 0 Å².